The summed E-state index contributed by atoms with van der Waals surface area (Å²) in [7, 11) is 1.40. The van der Waals surface area contributed by atoms with E-state index in [1.165, 1.54) is 12.7 Å². The van der Waals surface area contributed by atoms with Crippen LogP contribution in [0.4, 0.5) is 0 Å². The number of carbonyl (C=O) groups is 1. The Labute approximate surface area is 216 Å². The van der Waals surface area contributed by atoms with Crippen LogP contribution >= 0.6 is 12.2 Å². The Balaban J connectivity index is 1.61. The number of nitrogens with zero attached hydrogens (tertiary/aromatic N) is 3. The van der Waals surface area contributed by atoms with E-state index < -0.39 is 0 Å². The first-order valence-corrected chi connectivity index (χ1v) is 12.3. The highest BCUT2D eigenvalue weighted by molar-refractivity contribution is 7.80. The zero-order chi connectivity index (χ0) is 25.2. The summed E-state index contributed by atoms with van der Waals surface area (Å²) < 4.78 is 7.12. The molecule has 2 aromatic heterocycles. The second-order valence-electron chi connectivity index (χ2n) is 8.94. The van der Waals surface area contributed by atoms with Crippen molar-refractivity contribution < 1.29 is 9.53 Å². The van der Waals surface area contributed by atoms with Crippen molar-refractivity contribution in [1.82, 2.24) is 19.8 Å². The third kappa shape index (κ3) is 4.38. The summed E-state index contributed by atoms with van der Waals surface area (Å²) in [5.41, 5.74) is 6.88. The Hall–Kier alpha value is -3.97. The maximum absolute atomic E-state index is 12.2. The average molecular weight is 497 g/mol. The second-order valence-corrected chi connectivity index (χ2v) is 9.33. The summed E-state index contributed by atoms with van der Waals surface area (Å²) in [6.07, 6.45) is 1.82. The molecule has 1 saturated heterocycles. The van der Waals surface area contributed by atoms with Gasteiger partial charge in [-0.3, -0.25) is 4.98 Å². The Morgan fingerprint density at radius 1 is 1.03 bits per heavy atom. The Kier molecular flexibility index (Phi) is 6.57. The van der Waals surface area contributed by atoms with Crippen molar-refractivity contribution >= 4 is 23.3 Å². The molecule has 0 radical (unpaired) electrons. The lowest BCUT2D eigenvalue weighted by Gasteiger charge is -2.28. The molecule has 182 valence electrons. The molecule has 0 bridgehead atoms. The van der Waals surface area contributed by atoms with Crippen molar-refractivity contribution in [3.63, 3.8) is 0 Å². The molecule has 0 unspecified atom stereocenters. The summed E-state index contributed by atoms with van der Waals surface area (Å²) >= 11 is 5.86. The van der Waals surface area contributed by atoms with Gasteiger partial charge in [-0.25, -0.2) is 4.79 Å². The van der Waals surface area contributed by atoms with Gasteiger partial charge in [0.1, 0.15) is 0 Å². The number of aromatic nitrogens is 2. The number of pyridine rings is 1. The fraction of sp³-hybridized carbons (Fsp3) is 0.207. The fourth-order valence-electron chi connectivity index (χ4n) is 5.07. The summed E-state index contributed by atoms with van der Waals surface area (Å²) in [5, 5.41) is 4.25. The Morgan fingerprint density at radius 3 is 2.53 bits per heavy atom. The van der Waals surface area contributed by atoms with E-state index in [9.17, 15) is 4.79 Å². The van der Waals surface area contributed by atoms with Crippen LogP contribution in [0.3, 0.4) is 0 Å². The maximum atomic E-state index is 12.2. The standard InChI is InChI=1S/C29H28N4O2S/c1-19-16-24(20(2)33(19)23-13-9-12-22(17-23)28(34)35-3)27-26(25-14-7-8-15-30-25)31-29(36)32(27)18-21-10-5-4-6-11-21/h4-17,26-27H,18H2,1-3H3,(H,31,36)/t26-,27-/m0/s1. The monoisotopic (exact) mass is 496 g/mol. The largest absolute Gasteiger partial charge is 0.465 e. The summed E-state index contributed by atoms with van der Waals surface area (Å²) in [6, 6.07) is 25.9. The number of rotatable bonds is 6. The van der Waals surface area contributed by atoms with Gasteiger partial charge in [0.05, 0.1) is 30.5 Å². The predicted octanol–water partition coefficient (Wildman–Crippen LogP) is 5.45. The SMILES string of the molecule is COC(=O)c1cccc(-n2c(C)cc([C@H]3[C@H](c4ccccn4)NC(=S)N3Cc3ccccc3)c2C)c1. The number of nitrogens with one attached hydrogen (secondary N) is 1. The van der Waals surface area contributed by atoms with Crippen LogP contribution in [0.15, 0.2) is 85.1 Å². The molecule has 0 saturated carbocycles. The lowest BCUT2D eigenvalue weighted by molar-refractivity contribution is 0.0600. The highest BCUT2D eigenvalue weighted by Crippen LogP contribution is 2.42. The van der Waals surface area contributed by atoms with Crippen LogP contribution < -0.4 is 5.32 Å². The minimum atomic E-state index is -0.353. The molecule has 4 aromatic rings. The van der Waals surface area contributed by atoms with E-state index in [1.807, 2.05) is 60.8 Å². The Morgan fingerprint density at radius 2 is 1.81 bits per heavy atom. The number of esters is 1. The summed E-state index contributed by atoms with van der Waals surface area (Å²) in [4.78, 5) is 19.1. The van der Waals surface area contributed by atoms with Gasteiger partial charge in [0.25, 0.3) is 0 Å². The molecule has 1 N–H and O–H groups in total. The number of carbonyl (C=O) groups excluding carboxylic acids is 1. The molecule has 1 fully saturated rings. The van der Waals surface area contributed by atoms with E-state index in [2.05, 4.69) is 51.8 Å². The topological polar surface area (TPSA) is 59.4 Å². The second kappa shape index (κ2) is 9.95. The van der Waals surface area contributed by atoms with Crippen LogP contribution in [0.25, 0.3) is 5.69 Å². The van der Waals surface area contributed by atoms with Gasteiger partial charge in [-0.1, -0.05) is 42.5 Å². The van der Waals surface area contributed by atoms with Crippen LogP contribution in [-0.2, 0) is 11.3 Å². The molecule has 7 heteroatoms. The van der Waals surface area contributed by atoms with E-state index in [0.717, 1.165) is 28.3 Å². The number of aryl methyl sites for hydroxylation is 1. The molecule has 1 aliphatic heterocycles. The molecule has 5 rings (SSSR count). The molecular formula is C29H28N4O2S. The van der Waals surface area contributed by atoms with E-state index >= 15 is 0 Å². The van der Waals surface area contributed by atoms with E-state index in [1.54, 1.807) is 6.07 Å². The first-order valence-electron chi connectivity index (χ1n) is 11.9. The van der Waals surface area contributed by atoms with Crippen molar-refractivity contribution in [2.24, 2.45) is 0 Å². The first-order chi connectivity index (χ1) is 17.5. The van der Waals surface area contributed by atoms with E-state index in [0.29, 0.717) is 17.2 Å². The molecule has 0 aliphatic carbocycles. The van der Waals surface area contributed by atoms with Gasteiger partial charge in [0.15, 0.2) is 5.11 Å². The van der Waals surface area contributed by atoms with Crippen molar-refractivity contribution in [1.29, 1.82) is 0 Å². The number of hydrogen-bond donors (Lipinski definition) is 1. The van der Waals surface area contributed by atoms with E-state index in [-0.39, 0.29) is 18.1 Å². The van der Waals surface area contributed by atoms with Crippen molar-refractivity contribution in [3.8, 4) is 5.69 Å². The average Bonchev–Trinajstić information content (AvgIpc) is 3.39. The minimum Gasteiger partial charge on any atom is -0.465 e. The number of thiocarbonyl (C=S) groups is 1. The molecule has 2 atom stereocenters. The summed E-state index contributed by atoms with van der Waals surface area (Å²) in [6.45, 7) is 4.88. The van der Waals surface area contributed by atoms with E-state index in [4.69, 9.17) is 17.0 Å². The molecular weight excluding hydrogens is 468 g/mol. The zero-order valence-corrected chi connectivity index (χ0v) is 21.3. The molecule has 3 heterocycles. The number of hydrogen-bond acceptors (Lipinski definition) is 4. The maximum Gasteiger partial charge on any atom is 0.337 e. The summed E-state index contributed by atoms with van der Waals surface area (Å²) in [5.74, 6) is -0.353. The molecule has 0 spiro atoms. The quantitative estimate of drug-likeness (QED) is 0.283. The molecule has 1 aliphatic rings. The van der Waals surface area contributed by atoms with Crippen molar-refractivity contribution in [2.45, 2.75) is 32.5 Å². The smallest absolute Gasteiger partial charge is 0.337 e. The fourth-order valence-corrected chi connectivity index (χ4v) is 5.37. The van der Waals surface area contributed by atoms with Crippen LogP contribution in [0.5, 0.6) is 0 Å². The molecule has 0 amide bonds. The van der Waals surface area contributed by atoms with Gasteiger partial charge in [-0.2, -0.15) is 0 Å². The lowest BCUT2D eigenvalue weighted by atomic mass is 9.96. The highest BCUT2D eigenvalue weighted by atomic mass is 32.1. The molecule has 36 heavy (non-hydrogen) atoms. The van der Waals surface area contributed by atoms with Gasteiger partial charge in [0.2, 0.25) is 0 Å². The third-order valence-electron chi connectivity index (χ3n) is 6.71. The van der Waals surface area contributed by atoms with Gasteiger partial charge in [-0.05, 0) is 73.6 Å². The van der Waals surface area contributed by atoms with Gasteiger partial charge in [-0.15, -0.1) is 0 Å². The number of methoxy groups -OCH3 is 1. The predicted molar refractivity (Wildman–Crippen MR) is 144 cm³/mol. The molecule has 2 aromatic carbocycles. The van der Waals surface area contributed by atoms with Gasteiger partial charge < -0.3 is 19.5 Å². The van der Waals surface area contributed by atoms with Crippen LogP contribution in [0.1, 0.15) is 50.7 Å². The normalized spacial score (nSPS) is 17.2. The Bertz CT molecular complexity index is 1400. The first kappa shape index (κ1) is 23.8. The van der Waals surface area contributed by atoms with Crippen molar-refractivity contribution in [2.75, 3.05) is 7.11 Å². The van der Waals surface area contributed by atoms with Crippen LogP contribution in [0, 0.1) is 13.8 Å². The van der Waals surface area contributed by atoms with Gasteiger partial charge in [0, 0.05) is 29.8 Å². The van der Waals surface area contributed by atoms with Crippen LogP contribution in [-0.4, -0.2) is 32.6 Å². The van der Waals surface area contributed by atoms with Crippen molar-refractivity contribution in [3.05, 3.63) is 119 Å². The van der Waals surface area contributed by atoms with Gasteiger partial charge >= 0.3 is 5.97 Å². The minimum absolute atomic E-state index is 0.0589. The zero-order valence-electron chi connectivity index (χ0n) is 20.5. The lowest BCUT2D eigenvalue weighted by Crippen LogP contribution is -2.29. The molecule has 6 nitrogen and oxygen atoms in total. The highest BCUT2D eigenvalue weighted by Gasteiger charge is 2.41. The number of ether oxygens (including phenoxy) is 1. The third-order valence-corrected chi connectivity index (χ3v) is 7.06. The van der Waals surface area contributed by atoms with Crippen LogP contribution in [0.2, 0.25) is 0 Å². The number of benzene rings is 2.